The molecule has 0 amide bonds. The highest BCUT2D eigenvalue weighted by Crippen LogP contribution is 2.71. The first-order valence-corrected chi connectivity index (χ1v) is 25.2. The monoisotopic (exact) mass is 809 g/mol. The molecule has 8 fully saturated rings. The summed E-state index contributed by atoms with van der Waals surface area (Å²) in [4.78, 5) is 25.0. The molecule has 0 heterocycles. The number of fused-ring (bicyclic) bond motifs is 10. The van der Waals surface area contributed by atoms with Crippen LogP contribution in [0.5, 0.6) is 0 Å². The molecule has 0 saturated heterocycles. The normalized spacial score (nSPS) is 51.7. The summed E-state index contributed by atoms with van der Waals surface area (Å²) in [7, 11) is 0. The van der Waals surface area contributed by atoms with Crippen LogP contribution in [0.1, 0.15) is 191 Å². The molecule has 58 heavy (non-hydrogen) atoms. The first-order valence-electron chi connectivity index (χ1n) is 25.2. The number of aliphatic hydroxyl groups excluding tert-OH is 3. The summed E-state index contributed by atoms with van der Waals surface area (Å²) in [5.41, 5.74) is 1.13. The Morgan fingerprint density at radius 2 is 1.10 bits per heavy atom. The number of hydrogen-bond donors (Lipinski definition) is 4. The third kappa shape index (κ3) is 7.23. The third-order valence-corrected chi connectivity index (χ3v) is 21.6. The molecule has 4 unspecified atom stereocenters. The Hall–Kier alpha value is -0.980. The fraction of sp³-hybridized carbons (Fsp3) is 0.962. The number of carboxylic acid groups (broad SMARTS) is 1. The van der Waals surface area contributed by atoms with Crippen molar-refractivity contribution < 1.29 is 30.0 Å². The fourth-order valence-electron chi connectivity index (χ4n) is 18.8. The molecule has 0 spiro atoms. The van der Waals surface area contributed by atoms with E-state index in [9.17, 15) is 24.9 Å². The molecule has 0 aliphatic heterocycles. The standard InChI is InChI=1S/C26H42O4.C26H46O2/c1-5-17-21-14-16(27)10-12-26(21,4)20-11-13-25(3)18(15(2)6-9-22(28)29)7-8-19(25)23(20)24(17)30;1-6-8-16(3)19-9-10-20-23-21(12-14-25(19,20)4)26(5)13-11-17(27)15-22(26)18(7-2)24(23)28/h15-21,23,27H,5-14H2,1-4H3,(H,28,29);16-24,27-28H,6-15H2,1-5H3/t15-,16-,17-,18-,19?,20?,21+,23+,25-,26-;16-,17-,18-,19-,20?,21?,22+,23+,24-,25-,26-/m11/s1. The maximum atomic E-state index is 13.9. The number of aliphatic carboxylic acids is 1. The quantitative estimate of drug-likeness (QED) is 0.184. The summed E-state index contributed by atoms with van der Waals surface area (Å²) >= 11 is 0. The number of carboxylic acids is 1. The van der Waals surface area contributed by atoms with Gasteiger partial charge in [0.05, 0.1) is 18.3 Å². The number of carbonyl (C=O) groups excluding carboxylic acids is 1. The average molecular weight is 809 g/mol. The molecular formula is C52H88O6. The molecule has 21 atom stereocenters. The highest BCUT2D eigenvalue weighted by atomic mass is 16.4. The molecule has 6 nitrogen and oxygen atoms in total. The van der Waals surface area contributed by atoms with Gasteiger partial charge in [0.1, 0.15) is 5.78 Å². The van der Waals surface area contributed by atoms with E-state index in [1.165, 1.54) is 51.4 Å². The van der Waals surface area contributed by atoms with E-state index in [-0.39, 0.29) is 47.4 Å². The lowest BCUT2D eigenvalue weighted by Crippen LogP contribution is -2.62. The summed E-state index contributed by atoms with van der Waals surface area (Å²) in [6.45, 7) is 21.5. The zero-order valence-electron chi connectivity index (χ0n) is 38.6. The summed E-state index contributed by atoms with van der Waals surface area (Å²) < 4.78 is 0. The summed E-state index contributed by atoms with van der Waals surface area (Å²) in [6.07, 6.45) is 20.9. The maximum absolute atomic E-state index is 13.9. The minimum atomic E-state index is -0.697. The number of carbonyl (C=O) groups is 2. The first-order chi connectivity index (χ1) is 27.4. The summed E-state index contributed by atoms with van der Waals surface area (Å²) in [6, 6.07) is 0. The van der Waals surface area contributed by atoms with E-state index in [1.54, 1.807) is 0 Å². The Bertz CT molecular complexity index is 1460. The highest BCUT2D eigenvalue weighted by molar-refractivity contribution is 5.86. The van der Waals surface area contributed by atoms with Crippen LogP contribution in [0, 0.1) is 105 Å². The second kappa shape index (κ2) is 17.0. The maximum Gasteiger partial charge on any atom is 0.303 e. The van der Waals surface area contributed by atoms with Crippen molar-refractivity contribution in [2.24, 2.45) is 105 Å². The van der Waals surface area contributed by atoms with Crippen LogP contribution in [0.4, 0.5) is 0 Å². The van der Waals surface area contributed by atoms with Gasteiger partial charge in [0, 0.05) is 18.3 Å². The van der Waals surface area contributed by atoms with Crippen molar-refractivity contribution >= 4 is 11.8 Å². The van der Waals surface area contributed by atoms with E-state index in [2.05, 4.69) is 62.3 Å². The van der Waals surface area contributed by atoms with Crippen molar-refractivity contribution in [2.45, 2.75) is 209 Å². The molecule has 8 rings (SSSR count). The van der Waals surface area contributed by atoms with E-state index in [4.69, 9.17) is 5.11 Å². The van der Waals surface area contributed by atoms with Crippen LogP contribution in [0.3, 0.4) is 0 Å². The molecular weight excluding hydrogens is 721 g/mol. The molecule has 4 N–H and O–H groups in total. The largest absolute Gasteiger partial charge is 0.481 e. The minimum Gasteiger partial charge on any atom is -0.481 e. The van der Waals surface area contributed by atoms with Crippen LogP contribution >= 0.6 is 0 Å². The van der Waals surface area contributed by atoms with E-state index < -0.39 is 5.97 Å². The Labute approximate surface area is 354 Å². The zero-order chi connectivity index (χ0) is 42.1. The third-order valence-electron chi connectivity index (χ3n) is 21.6. The molecule has 8 saturated carbocycles. The molecule has 0 aromatic heterocycles. The second-order valence-electron chi connectivity index (χ2n) is 23.7. The second-order valence-corrected chi connectivity index (χ2v) is 23.7. The lowest BCUT2D eigenvalue weighted by atomic mass is 9.41. The Balaban J connectivity index is 0.000000177. The zero-order valence-corrected chi connectivity index (χ0v) is 38.6. The number of ketones is 1. The van der Waals surface area contributed by atoms with Crippen LogP contribution in [-0.4, -0.2) is 50.5 Å². The van der Waals surface area contributed by atoms with Gasteiger partial charge in [-0.2, -0.15) is 0 Å². The summed E-state index contributed by atoms with van der Waals surface area (Å²) in [5, 5.41) is 41.6. The molecule has 0 bridgehead atoms. The van der Waals surface area contributed by atoms with Crippen LogP contribution < -0.4 is 0 Å². The van der Waals surface area contributed by atoms with Crippen molar-refractivity contribution in [3.63, 3.8) is 0 Å². The van der Waals surface area contributed by atoms with Gasteiger partial charge in [0.2, 0.25) is 0 Å². The van der Waals surface area contributed by atoms with Gasteiger partial charge in [-0.15, -0.1) is 0 Å². The average Bonchev–Trinajstić information content (AvgIpc) is 3.73. The van der Waals surface area contributed by atoms with Crippen molar-refractivity contribution in [1.82, 2.24) is 0 Å². The molecule has 6 heteroatoms. The van der Waals surface area contributed by atoms with Gasteiger partial charge < -0.3 is 20.4 Å². The Morgan fingerprint density at radius 1 is 0.621 bits per heavy atom. The van der Waals surface area contributed by atoms with Crippen LogP contribution in [0.25, 0.3) is 0 Å². The SMILES string of the molecule is CCC[C@@H](C)[C@H]1CCC2[C@H]3C(CC[C@@]21C)[C@@]1(C)CC[C@@H](O)C[C@H]1[C@@H](CC)[C@H]3O.CC[C@H]1C(=O)[C@H]2C3CC[C@H]([C@H](C)CCC(=O)O)[C@@]3(C)CCC2[C@@]2(C)CC[C@@H](O)C[C@@H]12. The first kappa shape index (κ1) is 45.1. The van der Waals surface area contributed by atoms with E-state index in [0.717, 1.165) is 82.5 Å². The van der Waals surface area contributed by atoms with Gasteiger partial charge in [-0.05, 0) is 195 Å². The van der Waals surface area contributed by atoms with E-state index >= 15 is 0 Å². The van der Waals surface area contributed by atoms with Gasteiger partial charge in [-0.1, -0.05) is 81.6 Å². The lowest BCUT2D eigenvalue weighted by molar-refractivity contribution is -0.203. The minimum absolute atomic E-state index is 0.108. The highest BCUT2D eigenvalue weighted by Gasteiger charge is 2.66. The van der Waals surface area contributed by atoms with Gasteiger partial charge in [0.25, 0.3) is 0 Å². The number of aliphatic hydroxyl groups is 3. The fourth-order valence-corrected chi connectivity index (χ4v) is 18.8. The topological polar surface area (TPSA) is 115 Å². The number of hydrogen-bond acceptors (Lipinski definition) is 5. The molecule has 8 aliphatic carbocycles. The van der Waals surface area contributed by atoms with Crippen molar-refractivity contribution in [2.75, 3.05) is 0 Å². The van der Waals surface area contributed by atoms with Crippen LogP contribution in [0.15, 0.2) is 0 Å². The molecule has 332 valence electrons. The molecule has 0 aromatic rings. The van der Waals surface area contributed by atoms with Gasteiger partial charge >= 0.3 is 5.97 Å². The Kier molecular flexibility index (Phi) is 13.2. The molecule has 8 aliphatic rings. The van der Waals surface area contributed by atoms with Crippen LogP contribution in [0.2, 0.25) is 0 Å². The van der Waals surface area contributed by atoms with Crippen molar-refractivity contribution in [1.29, 1.82) is 0 Å². The number of rotatable bonds is 9. The van der Waals surface area contributed by atoms with Gasteiger partial charge in [0.15, 0.2) is 0 Å². The predicted molar refractivity (Wildman–Crippen MR) is 233 cm³/mol. The van der Waals surface area contributed by atoms with E-state index in [0.29, 0.717) is 75.8 Å². The Morgan fingerprint density at radius 3 is 1.67 bits per heavy atom. The van der Waals surface area contributed by atoms with Gasteiger partial charge in [-0.25, -0.2) is 0 Å². The van der Waals surface area contributed by atoms with Crippen molar-refractivity contribution in [3.05, 3.63) is 0 Å². The molecule has 0 radical (unpaired) electrons. The summed E-state index contributed by atoms with van der Waals surface area (Å²) in [5.74, 6) is 6.77. The van der Waals surface area contributed by atoms with E-state index in [1.807, 2.05) is 0 Å². The smallest absolute Gasteiger partial charge is 0.303 e. The van der Waals surface area contributed by atoms with Crippen molar-refractivity contribution in [3.8, 4) is 0 Å². The number of Topliss-reactive ketones (excluding diaryl/α,β-unsaturated/α-hetero) is 1. The van der Waals surface area contributed by atoms with Crippen LogP contribution in [-0.2, 0) is 9.59 Å². The molecule has 0 aromatic carbocycles. The predicted octanol–water partition coefficient (Wildman–Crippen LogP) is 11.4. The van der Waals surface area contributed by atoms with Gasteiger partial charge in [-0.3, -0.25) is 9.59 Å². The lowest BCUT2D eigenvalue weighted by Gasteiger charge is -2.64.